The van der Waals surface area contributed by atoms with Gasteiger partial charge in [0.15, 0.2) is 0 Å². The van der Waals surface area contributed by atoms with Gasteiger partial charge in [-0.2, -0.15) is 0 Å². The van der Waals surface area contributed by atoms with E-state index in [9.17, 15) is 15.2 Å². The molecule has 0 saturated heterocycles. The molecule has 1 atom stereocenters. The van der Waals surface area contributed by atoms with E-state index in [0.717, 1.165) is 0 Å². The van der Waals surface area contributed by atoms with Gasteiger partial charge in [0.25, 0.3) is 5.69 Å². The van der Waals surface area contributed by atoms with E-state index in [0.29, 0.717) is 12.0 Å². The lowest BCUT2D eigenvalue weighted by atomic mass is 10.1. The van der Waals surface area contributed by atoms with Gasteiger partial charge in [0.1, 0.15) is 6.10 Å². The third kappa shape index (κ3) is 2.26. The molecule has 0 bridgehead atoms. The maximum absolute atomic E-state index is 11.2. The van der Waals surface area contributed by atoms with Crippen LogP contribution in [0.15, 0.2) is 24.3 Å². The normalized spacial score (nSPS) is 12.5. The highest BCUT2D eigenvalue weighted by Crippen LogP contribution is 2.19. The van der Waals surface area contributed by atoms with E-state index in [-0.39, 0.29) is 5.69 Å². The van der Waals surface area contributed by atoms with Crippen molar-refractivity contribution in [2.75, 3.05) is 0 Å². The molecule has 0 amide bonds. The van der Waals surface area contributed by atoms with Crippen LogP contribution in [0.3, 0.4) is 0 Å². The maximum Gasteiger partial charge on any atom is 0.269 e. The third-order valence-corrected chi connectivity index (χ3v) is 1.85. The average molecular weight is 180 g/mol. The molecule has 69 valence electrons. The molecule has 0 aliphatic heterocycles. The molecule has 1 unspecified atom stereocenters. The summed E-state index contributed by atoms with van der Waals surface area (Å²) in [4.78, 5) is 9.80. The van der Waals surface area contributed by atoms with E-state index in [4.69, 9.17) is 0 Å². The molecule has 0 N–H and O–H groups in total. The summed E-state index contributed by atoms with van der Waals surface area (Å²) >= 11 is 0. The molecular formula is C9H10NO3. The summed E-state index contributed by atoms with van der Waals surface area (Å²) in [6.07, 6.45) is -0.279. The van der Waals surface area contributed by atoms with Crippen LogP contribution in [0, 0.1) is 10.1 Å². The Morgan fingerprint density at radius 2 is 1.92 bits per heavy atom. The molecule has 4 heteroatoms. The fraction of sp³-hybridized carbons (Fsp3) is 0.333. The number of rotatable bonds is 3. The lowest BCUT2D eigenvalue weighted by Crippen LogP contribution is -1.94. The van der Waals surface area contributed by atoms with E-state index >= 15 is 0 Å². The lowest BCUT2D eigenvalue weighted by Gasteiger charge is -2.03. The van der Waals surface area contributed by atoms with Crippen LogP contribution in [0.1, 0.15) is 25.0 Å². The van der Waals surface area contributed by atoms with Gasteiger partial charge in [-0.25, -0.2) is 5.11 Å². The van der Waals surface area contributed by atoms with Crippen molar-refractivity contribution in [2.24, 2.45) is 0 Å². The van der Waals surface area contributed by atoms with Crippen LogP contribution in [-0.4, -0.2) is 4.92 Å². The minimum absolute atomic E-state index is 0.0204. The SMILES string of the molecule is CCC([O])c1ccc([N+](=O)[O-])cc1. The first-order valence-electron chi connectivity index (χ1n) is 4.05. The van der Waals surface area contributed by atoms with Gasteiger partial charge in [-0.05, 0) is 24.1 Å². The van der Waals surface area contributed by atoms with Crippen molar-refractivity contribution in [3.63, 3.8) is 0 Å². The Morgan fingerprint density at radius 1 is 1.38 bits per heavy atom. The molecule has 4 nitrogen and oxygen atoms in total. The summed E-state index contributed by atoms with van der Waals surface area (Å²) in [5.74, 6) is 0. The van der Waals surface area contributed by atoms with E-state index < -0.39 is 11.0 Å². The molecule has 0 aliphatic carbocycles. The molecule has 0 aliphatic rings. The second-order valence-corrected chi connectivity index (χ2v) is 2.75. The monoisotopic (exact) mass is 180 g/mol. The van der Waals surface area contributed by atoms with Crippen LogP contribution < -0.4 is 0 Å². The largest absolute Gasteiger partial charge is 0.269 e. The van der Waals surface area contributed by atoms with Crippen molar-refractivity contribution >= 4 is 5.69 Å². The topological polar surface area (TPSA) is 63.0 Å². The molecule has 1 aromatic rings. The zero-order chi connectivity index (χ0) is 9.84. The van der Waals surface area contributed by atoms with E-state index in [2.05, 4.69) is 0 Å². The lowest BCUT2D eigenvalue weighted by molar-refractivity contribution is -0.384. The Labute approximate surface area is 76.0 Å². The molecule has 0 aromatic heterocycles. The van der Waals surface area contributed by atoms with Crippen molar-refractivity contribution in [3.05, 3.63) is 39.9 Å². The first-order valence-corrected chi connectivity index (χ1v) is 4.05. The van der Waals surface area contributed by atoms with Gasteiger partial charge in [0, 0.05) is 12.1 Å². The van der Waals surface area contributed by atoms with Gasteiger partial charge in [0.05, 0.1) is 4.92 Å². The maximum atomic E-state index is 11.2. The van der Waals surface area contributed by atoms with Crippen molar-refractivity contribution in [3.8, 4) is 0 Å². The van der Waals surface area contributed by atoms with Gasteiger partial charge in [-0.15, -0.1) is 0 Å². The fourth-order valence-electron chi connectivity index (χ4n) is 1.05. The third-order valence-electron chi connectivity index (χ3n) is 1.85. The highest BCUT2D eigenvalue weighted by molar-refractivity contribution is 5.33. The summed E-state index contributed by atoms with van der Waals surface area (Å²) in [7, 11) is 0. The van der Waals surface area contributed by atoms with E-state index in [1.165, 1.54) is 24.3 Å². The van der Waals surface area contributed by atoms with Crippen LogP contribution >= 0.6 is 0 Å². The van der Waals surface area contributed by atoms with Crippen LogP contribution in [0.2, 0.25) is 0 Å². The van der Waals surface area contributed by atoms with Crippen LogP contribution in [0.4, 0.5) is 5.69 Å². The summed E-state index contributed by atoms with van der Waals surface area (Å²) in [5, 5.41) is 21.5. The predicted molar refractivity (Wildman–Crippen MR) is 46.8 cm³/mol. The van der Waals surface area contributed by atoms with E-state index in [1.807, 2.05) is 0 Å². The minimum atomic E-state index is -0.777. The Hall–Kier alpha value is -1.42. The molecule has 0 spiro atoms. The number of nitrogens with zero attached hydrogens (tertiary/aromatic N) is 1. The number of hydrogen-bond donors (Lipinski definition) is 0. The second-order valence-electron chi connectivity index (χ2n) is 2.75. The van der Waals surface area contributed by atoms with Gasteiger partial charge in [0.2, 0.25) is 0 Å². The Morgan fingerprint density at radius 3 is 2.31 bits per heavy atom. The highest BCUT2D eigenvalue weighted by atomic mass is 16.6. The molecule has 0 fully saturated rings. The summed E-state index contributed by atoms with van der Waals surface area (Å²) in [6, 6.07) is 5.74. The van der Waals surface area contributed by atoms with Gasteiger partial charge in [-0.3, -0.25) is 10.1 Å². The molecule has 13 heavy (non-hydrogen) atoms. The molecule has 1 aromatic carbocycles. The van der Waals surface area contributed by atoms with Crippen LogP contribution in [0.25, 0.3) is 0 Å². The Bertz CT molecular complexity index is 294. The number of nitro groups is 1. The molecule has 1 radical (unpaired) electrons. The van der Waals surface area contributed by atoms with Gasteiger partial charge in [-0.1, -0.05) is 6.92 Å². The Balaban J connectivity index is 2.87. The predicted octanol–water partition coefficient (Wildman–Crippen LogP) is 2.48. The average Bonchev–Trinajstić information content (AvgIpc) is 2.17. The first kappa shape index (κ1) is 9.67. The standard InChI is InChI=1S/C9H10NO3/c1-2-9(11)7-3-5-8(6-4-7)10(12)13/h3-6,9H,2H2,1H3. The molecular weight excluding hydrogens is 170 g/mol. The van der Waals surface area contributed by atoms with Crippen molar-refractivity contribution in [2.45, 2.75) is 19.4 Å². The van der Waals surface area contributed by atoms with Crippen molar-refractivity contribution < 1.29 is 10.0 Å². The van der Waals surface area contributed by atoms with E-state index in [1.54, 1.807) is 6.92 Å². The highest BCUT2D eigenvalue weighted by Gasteiger charge is 2.09. The Kier molecular flexibility index (Phi) is 2.97. The van der Waals surface area contributed by atoms with Gasteiger partial charge < -0.3 is 0 Å². The van der Waals surface area contributed by atoms with Crippen LogP contribution in [-0.2, 0) is 5.11 Å². The summed E-state index contributed by atoms with van der Waals surface area (Å²) in [6.45, 7) is 1.79. The zero-order valence-electron chi connectivity index (χ0n) is 7.27. The number of nitro benzene ring substituents is 1. The molecule has 0 heterocycles. The molecule has 0 saturated carbocycles. The quantitative estimate of drug-likeness (QED) is 0.529. The van der Waals surface area contributed by atoms with Crippen molar-refractivity contribution in [1.82, 2.24) is 0 Å². The summed E-state index contributed by atoms with van der Waals surface area (Å²) in [5.41, 5.74) is 0.625. The number of hydrogen-bond acceptors (Lipinski definition) is 2. The summed E-state index contributed by atoms with van der Waals surface area (Å²) < 4.78 is 0. The molecule has 1 rings (SSSR count). The van der Waals surface area contributed by atoms with Gasteiger partial charge >= 0.3 is 0 Å². The smallest absolute Gasteiger partial charge is 0.258 e. The number of benzene rings is 1. The van der Waals surface area contributed by atoms with Crippen molar-refractivity contribution in [1.29, 1.82) is 0 Å². The first-order chi connectivity index (χ1) is 6.15. The zero-order valence-corrected chi connectivity index (χ0v) is 7.27. The van der Waals surface area contributed by atoms with Crippen LogP contribution in [0.5, 0.6) is 0 Å². The second kappa shape index (κ2) is 4.00. The minimum Gasteiger partial charge on any atom is -0.258 e. The fourth-order valence-corrected chi connectivity index (χ4v) is 1.05. The number of non-ortho nitro benzene ring substituents is 1.